The largest absolute Gasteiger partial charge is 0.352 e. The van der Waals surface area contributed by atoms with Gasteiger partial charge in [0.05, 0.1) is 5.69 Å². The van der Waals surface area contributed by atoms with Gasteiger partial charge in [-0.3, -0.25) is 0 Å². The molecule has 0 N–H and O–H groups in total. The van der Waals surface area contributed by atoms with E-state index >= 15 is 0 Å². The molecular weight excluding hydrogens is 316 g/mol. The molecule has 2 aromatic heterocycles. The zero-order valence-corrected chi connectivity index (χ0v) is 14.5. The van der Waals surface area contributed by atoms with Crippen LogP contribution in [0, 0.1) is 0 Å². The number of halogens is 1. The summed E-state index contributed by atoms with van der Waals surface area (Å²) in [7, 11) is 0. The van der Waals surface area contributed by atoms with Crippen LogP contribution in [0.1, 0.15) is 40.3 Å². The molecule has 0 bridgehead atoms. The minimum atomic E-state index is 0.0430. The zero-order chi connectivity index (χ0) is 14.9. The van der Waals surface area contributed by atoms with E-state index in [-0.39, 0.29) is 5.41 Å². The van der Waals surface area contributed by atoms with Crippen molar-refractivity contribution in [1.82, 2.24) is 14.6 Å². The zero-order valence-electron chi connectivity index (χ0n) is 12.9. The quantitative estimate of drug-likeness (QED) is 0.798. The molecule has 0 saturated carbocycles. The van der Waals surface area contributed by atoms with Crippen molar-refractivity contribution in [2.75, 3.05) is 16.8 Å². The topological polar surface area (TPSA) is 33.4 Å². The Hall–Kier alpha value is -1.10. The van der Waals surface area contributed by atoms with Crippen LogP contribution in [-0.2, 0) is 5.41 Å². The Labute approximate surface area is 129 Å². The lowest BCUT2D eigenvalue weighted by Gasteiger charge is -2.27. The van der Waals surface area contributed by atoms with Gasteiger partial charge in [-0.05, 0) is 19.9 Å². The van der Waals surface area contributed by atoms with Gasteiger partial charge in [-0.25, -0.2) is 9.50 Å². The van der Waals surface area contributed by atoms with Crippen LogP contribution in [0.25, 0.3) is 5.52 Å². The summed E-state index contributed by atoms with van der Waals surface area (Å²) in [5.74, 6) is 1.00. The number of hydrogen-bond acceptors (Lipinski definition) is 3. The molecule has 0 unspecified atom stereocenters. The fraction of sp³-hybridized carbons (Fsp3) is 0.600. The van der Waals surface area contributed by atoms with Gasteiger partial charge in [0.1, 0.15) is 5.52 Å². The molecule has 2 aromatic rings. The van der Waals surface area contributed by atoms with Crippen LogP contribution in [0.4, 0.5) is 5.82 Å². The van der Waals surface area contributed by atoms with E-state index in [9.17, 15) is 0 Å². The summed E-state index contributed by atoms with van der Waals surface area (Å²) in [5, 5.41) is 5.61. The van der Waals surface area contributed by atoms with Gasteiger partial charge in [-0.15, -0.1) is 0 Å². The molecular formula is C15H23BrN4. The third-order valence-electron chi connectivity index (χ3n) is 3.36. The van der Waals surface area contributed by atoms with Gasteiger partial charge >= 0.3 is 0 Å². The molecule has 110 valence electrons. The summed E-state index contributed by atoms with van der Waals surface area (Å²) in [5.41, 5.74) is 2.21. The van der Waals surface area contributed by atoms with Crippen LogP contribution in [0.5, 0.6) is 0 Å². The van der Waals surface area contributed by atoms with Gasteiger partial charge in [-0.1, -0.05) is 36.7 Å². The van der Waals surface area contributed by atoms with E-state index in [1.54, 1.807) is 0 Å². The maximum Gasteiger partial charge on any atom is 0.154 e. The number of aromatic nitrogens is 3. The second-order valence-corrected chi connectivity index (χ2v) is 7.13. The predicted octanol–water partition coefficient (Wildman–Crippen LogP) is 3.64. The van der Waals surface area contributed by atoms with Gasteiger partial charge in [0.25, 0.3) is 0 Å². The van der Waals surface area contributed by atoms with Crippen molar-refractivity contribution in [2.45, 2.75) is 46.1 Å². The van der Waals surface area contributed by atoms with Crippen LogP contribution in [0.3, 0.4) is 0 Å². The molecule has 0 aliphatic rings. The van der Waals surface area contributed by atoms with Gasteiger partial charge in [0.2, 0.25) is 0 Å². The Bertz CT molecular complexity index is 583. The third-order valence-corrected chi connectivity index (χ3v) is 3.71. The molecule has 0 radical (unpaired) electrons. The maximum atomic E-state index is 4.68. The second-order valence-electron chi connectivity index (χ2n) is 6.34. The van der Waals surface area contributed by atoms with Crippen molar-refractivity contribution < 1.29 is 0 Å². The second kappa shape index (κ2) is 5.72. The standard InChI is InChI=1S/C15H23BrN4/c1-11(2)19(8-6-16)14-12-10-13(15(3,4)5)18-20(12)9-7-17-14/h7,9-11H,6,8H2,1-5H3. The highest BCUT2D eigenvalue weighted by Gasteiger charge is 2.21. The number of rotatable bonds is 4. The Morgan fingerprint density at radius 1 is 1.35 bits per heavy atom. The molecule has 0 spiro atoms. The summed E-state index contributed by atoms with van der Waals surface area (Å²) in [6.07, 6.45) is 3.74. The average Bonchev–Trinajstić information content (AvgIpc) is 2.79. The number of alkyl halides is 1. The molecule has 2 heterocycles. The number of nitrogens with zero attached hydrogens (tertiary/aromatic N) is 4. The van der Waals surface area contributed by atoms with E-state index in [4.69, 9.17) is 0 Å². The molecule has 0 saturated heterocycles. The lowest BCUT2D eigenvalue weighted by molar-refractivity contribution is 0.562. The highest BCUT2D eigenvalue weighted by atomic mass is 79.9. The Morgan fingerprint density at radius 3 is 2.60 bits per heavy atom. The van der Waals surface area contributed by atoms with E-state index in [1.165, 1.54) is 0 Å². The van der Waals surface area contributed by atoms with Crippen LogP contribution in [0.2, 0.25) is 0 Å². The van der Waals surface area contributed by atoms with Crippen LogP contribution < -0.4 is 4.90 Å². The summed E-state index contributed by atoms with van der Waals surface area (Å²) in [6, 6.07) is 2.56. The SMILES string of the molecule is CC(C)N(CCBr)c1nccn2nc(C(C)(C)C)cc12. The van der Waals surface area contributed by atoms with Crippen molar-refractivity contribution in [1.29, 1.82) is 0 Å². The minimum Gasteiger partial charge on any atom is -0.352 e. The fourth-order valence-electron chi connectivity index (χ4n) is 2.20. The van der Waals surface area contributed by atoms with Crippen molar-refractivity contribution in [3.63, 3.8) is 0 Å². The summed E-state index contributed by atoms with van der Waals surface area (Å²) < 4.78 is 1.94. The van der Waals surface area contributed by atoms with Crippen molar-refractivity contribution >= 4 is 27.3 Å². The van der Waals surface area contributed by atoms with Crippen molar-refractivity contribution in [2.24, 2.45) is 0 Å². The molecule has 0 aliphatic heterocycles. The Balaban J connectivity index is 2.56. The van der Waals surface area contributed by atoms with Crippen LogP contribution in [-0.4, -0.2) is 32.5 Å². The average molecular weight is 339 g/mol. The molecule has 0 atom stereocenters. The lowest BCUT2D eigenvalue weighted by atomic mass is 9.92. The molecule has 4 nitrogen and oxygen atoms in total. The number of anilines is 1. The maximum absolute atomic E-state index is 4.68. The first-order valence-electron chi connectivity index (χ1n) is 7.02. The van der Waals surface area contributed by atoms with E-state index in [2.05, 4.69) is 71.6 Å². The fourth-order valence-corrected chi connectivity index (χ4v) is 2.58. The summed E-state index contributed by atoms with van der Waals surface area (Å²) in [6.45, 7) is 11.9. The van der Waals surface area contributed by atoms with Gasteiger partial charge < -0.3 is 4.90 Å². The highest BCUT2D eigenvalue weighted by molar-refractivity contribution is 9.09. The Morgan fingerprint density at radius 2 is 2.05 bits per heavy atom. The van der Waals surface area contributed by atoms with E-state index in [0.29, 0.717) is 6.04 Å². The molecule has 0 amide bonds. The number of fused-ring (bicyclic) bond motifs is 1. The van der Waals surface area contributed by atoms with Gasteiger partial charge in [-0.2, -0.15) is 5.10 Å². The van der Waals surface area contributed by atoms with Crippen molar-refractivity contribution in [3.05, 3.63) is 24.2 Å². The van der Waals surface area contributed by atoms with E-state index in [1.807, 2.05) is 16.9 Å². The minimum absolute atomic E-state index is 0.0430. The monoisotopic (exact) mass is 338 g/mol. The smallest absolute Gasteiger partial charge is 0.154 e. The first-order chi connectivity index (χ1) is 9.34. The number of hydrogen-bond donors (Lipinski definition) is 0. The molecule has 20 heavy (non-hydrogen) atoms. The highest BCUT2D eigenvalue weighted by Crippen LogP contribution is 2.27. The van der Waals surface area contributed by atoms with Gasteiger partial charge in [0, 0.05) is 35.7 Å². The molecule has 0 aromatic carbocycles. The Kier molecular flexibility index (Phi) is 4.37. The van der Waals surface area contributed by atoms with Crippen LogP contribution >= 0.6 is 15.9 Å². The van der Waals surface area contributed by atoms with Crippen molar-refractivity contribution in [3.8, 4) is 0 Å². The predicted molar refractivity (Wildman–Crippen MR) is 88.0 cm³/mol. The summed E-state index contributed by atoms with van der Waals surface area (Å²) >= 11 is 3.52. The van der Waals surface area contributed by atoms with Crippen LogP contribution in [0.15, 0.2) is 18.5 Å². The van der Waals surface area contributed by atoms with E-state index < -0.39 is 0 Å². The third kappa shape index (κ3) is 2.97. The normalized spacial score (nSPS) is 12.3. The summed E-state index contributed by atoms with van der Waals surface area (Å²) in [4.78, 5) is 6.89. The first kappa shape index (κ1) is 15.3. The molecule has 0 aliphatic carbocycles. The lowest BCUT2D eigenvalue weighted by Crippen LogP contribution is -2.33. The molecule has 2 rings (SSSR count). The van der Waals surface area contributed by atoms with Gasteiger partial charge in [0.15, 0.2) is 5.82 Å². The van der Waals surface area contributed by atoms with E-state index in [0.717, 1.165) is 28.9 Å². The first-order valence-corrected chi connectivity index (χ1v) is 8.14. The molecule has 5 heteroatoms. The molecule has 0 fully saturated rings.